The number of halogens is 1. The standard InChI is InChI=1S/C19H24BrN3O/c1-13-7-4-5-10-22(13)19(24)17-9-6-8-16(11-17)12-23-15(3)18(20)14(2)21-23/h6,8-9,11,13H,4-5,7,10,12H2,1-3H3/t13-/m0/s1. The van der Waals surface area contributed by atoms with Crippen molar-refractivity contribution in [2.75, 3.05) is 6.54 Å². The predicted molar refractivity (Wildman–Crippen MR) is 99.3 cm³/mol. The Morgan fingerprint density at radius 2 is 2.12 bits per heavy atom. The maximum atomic E-state index is 12.8. The summed E-state index contributed by atoms with van der Waals surface area (Å²) in [5, 5.41) is 4.56. The van der Waals surface area contributed by atoms with Gasteiger partial charge in [0, 0.05) is 18.2 Å². The highest BCUT2D eigenvalue weighted by Gasteiger charge is 2.24. The molecule has 1 amide bonds. The number of carbonyl (C=O) groups is 1. The maximum Gasteiger partial charge on any atom is 0.254 e. The molecule has 1 aromatic carbocycles. The zero-order valence-corrected chi connectivity index (χ0v) is 16.1. The Morgan fingerprint density at radius 3 is 2.79 bits per heavy atom. The summed E-state index contributed by atoms with van der Waals surface area (Å²) >= 11 is 3.57. The van der Waals surface area contributed by atoms with Gasteiger partial charge in [0.15, 0.2) is 0 Å². The van der Waals surface area contributed by atoms with Gasteiger partial charge in [-0.05, 0) is 73.7 Å². The molecule has 0 radical (unpaired) electrons. The van der Waals surface area contributed by atoms with Gasteiger partial charge >= 0.3 is 0 Å². The minimum Gasteiger partial charge on any atom is -0.336 e. The molecule has 4 nitrogen and oxygen atoms in total. The molecule has 0 spiro atoms. The van der Waals surface area contributed by atoms with Crippen molar-refractivity contribution >= 4 is 21.8 Å². The molecule has 0 bridgehead atoms. The molecule has 128 valence electrons. The van der Waals surface area contributed by atoms with Crippen LogP contribution in [0.5, 0.6) is 0 Å². The van der Waals surface area contributed by atoms with Crippen molar-refractivity contribution in [1.82, 2.24) is 14.7 Å². The zero-order valence-electron chi connectivity index (χ0n) is 14.6. The van der Waals surface area contributed by atoms with Gasteiger partial charge in [-0.15, -0.1) is 0 Å². The van der Waals surface area contributed by atoms with Gasteiger partial charge in [-0.1, -0.05) is 12.1 Å². The van der Waals surface area contributed by atoms with Gasteiger partial charge in [0.25, 0.3) is 5.91 Å². The largest absolute Gasteiger partial charge is 0.336 e. The lowest BCUT2D eigenvalue weighted by Gasteiger charge is -2.33. The third kappa shape index (κ3) is 3.41. The molecular formula is C19H24BrN3O. The molecule has 5 heteroatoms. The summed E-state index contributed by atoms with van der Waals surface area (Å²) in [4.78, 5) is 14.9. The molecule has 2 heterocycles. The Hall–Kier alpha value is -1.62. The van der Waals surface area contributed by atoms with Crippen LogP contribution in [0.1, 0.15) is 53.5 Å². The van der Waals surface area contributed by atoms with E-state index in [0.717, 1.165) is 46.4 Å². The summed E-state index contributed by atoms with van der Waals surface area (Å²) < 4.78 is 3.03. The number of hydrogen-bond donors (Lipinski definition) is 0. The number of piperidine rings is 1. The number of aryl methyl sites for hydroxylation is 1. The first kappa shape index (κ1) is 17.2. The van der Waals surface area contributed by atoms with E-state index >= 15 is 0 Å². The van der Waals surface area contributed by atoms with Crippen LogP contribution >= 0.6 is 15.9 Å². The minimum atomic E-state index is 0.151. The molecule has 1 aromatic heterocycles. The van der Waals surface area contributed by atoms with E-state index in [2.05, 4.69) is 40.9 Å². The van der Waals surface area contributed by atoms with E-state index in [4.69, 9.17) is 0 Å². The lowest BCUT2D eigenvalue weighted by Crippen LogP contribution is -2.42. The van der Waals surface area contributed by atoms with E-state index in [1.807, 2.05) is 34.7 Å². The normalized spacial score (nSPS) is 18.0. The third-order valence-corrected chi connectivity index (χ3v) is 6.01. The van der Waals surface area contributed by atoms with Gasteiger partial charge in [0.1, 0.15) is 0 Å². The van der Waals surface area contributed by atoms with Crippen LogP contribution in [0.3, 0.4) is 0 Å². The number of nitrogens with zero attached hydrogens (tertiary/aromatic N) is 3. The van der Waals surface area contributed by atoms with E-state index in [-0.39, 0.29) is 5.91 Å². The van der Waals surface area contributed by atoms with Crippen LogP contribution in [0.15, 0.2) is 28.7 Å². The highest BCUT2D eigenvalue weighted by atomic mass is 79.9. The number of rotatable bonds is 3. The molecule has 1 aliphatic heterocycles. The van der Waals surface area contributed by atoms with Crippen molar-refractivity contribution in [1.29, 1.82) is 0 Å². The number of hydrogen-bond acceptors (Lipinski definition) is 2. The fourth-order valence-electron chi connectivity index (χ4n) is 3.37. The van der Waals surface area contributed by atoms with E-state index in [0.29, 0.717) is 12.6 Å². The van der Waals surface area contributed by atoms with Gasteiger partial charge in [-0.2, -0.15) is 5.10 Å². The Morgan fingerprint density at radius 1 is 1.33 bits per heavy atom. The summed E-state index contributed by atoms with van der Waals surface area (Å²) in [7, 11) is 0. The second-order valence-corrected chi connectivity index (χ2v) is 7.48. The summed E-state index contributed by atoms with van der Waals surface area (Å²) in [6.07, 6.45) is 3.43. The van der Waals surface area contributed by atoms with Gasteiger partial charge < -0.3 is 4.90 Å². The number of amides is 1. The molecule has 0 aliphatic carbocycles. The summed E-state index contributed by atoms with van der Waals surface area (Å²) in [5.41, 5.74) is 3.97. The van der Waals surface area contributed by atoms with Crippen molar-refractivity contribution in [3.63, 3.8) is 0 Å². The first-order valence-corrected chi connectivity index (χ1v) is 9.36. The summed E-state index contributed by atoms with van der Waals surface area (Å²) in [6, 6.07) is 8.29. The van der Waals surface area contributed by atoms with Crippen molar-refractivity contribution < 1.29 is 4.79 Å². The van der Waals surface area contributed by atoms with E-state index in [1.165, 1.54) is 6.42 Å². The second-order valence-electron chi connectivity index (χ2n) is 6.69. The molecule has 2 aromatic rings. The van der Waals surface area contributed by atoms with Crippen molar-refractivity contribution in [2.24, 2.45) is 0 Å². The average Bonchev–Trinajstić information content (AvgIpc) is 2.82. The van der Waals surface area contributed by atoms with Crippen molar-refractivity contribution in [2.45, 2.75) is 52.6 Å². The van der Waals surface area contributed by atoms with Gasteiger partial charge in [0.05, 0.1) is 22.4 Å². The monoisotopic (exact) mass is 389 g/mol. The van der Waals surface area contributed by atoms with Gasteiger partial charge in [-0.3, -0.25) is 9.48 Å². The fourth-order valence-corrected chi connectivity index (χ4v) is 3.65. The SMILES string of the molecule is Cc1nn(Cc2cccc(C(=O)N3CCCC[C@@H]3C)c2)c(C)c1Br. The Bertz CT molecular complexity index is 753. The van der Waals surface area contributed by atoms with Gasteiger partial charge in [-0.25, -0.2) is 0 Å². The summed E-state index contributed by atoms with van der Waals surface area (Å²) in [5.74, 6) is 0.151. The van der Waals surface area contributed by atoms with E-state index in [9.17, 15) is 4.79 Å². The molecule has 0 unspecified atom stereocenters. The maximum absolute atomic E-state index is 12.8. The Kier molecular flexibility index (Phi) is 5.09. The van der Waals surface area contributed by atoms with Crippen molar-refractivity contribution in [3.05, 3.63) is 51.3 Å². The Balaban J connectivity index is 1.81. The average molecular weight is 390 g/mol. The molecule has 1 fully saturated rings. The molecule has 0 N–H and O–H groups in total. The predicted octanol–water partition coefficient (Wildman–Crippen LogP) is 4.33. The van der Waals surface area contributed by atoms with Crippen LogP contribution in [0, 0.1) is 13.8 Å². The highest BCUT2D eigenvalue weighted by Crippen LogP contribution is 2.22. The third-order valence-electron chi connectivity index (χ3n) is 4.86. The number of likely N-dealkylation sites (tertiary alicyclic amines) is 1. The minimum absolute atomic E-state index is 0.151. The zero-order chi connectivity index (χ0) is 17.3. The number of aromatic nitrogens is 2. The lowest BCUT2D eigenvalue weighted by atomic mass is 10.0. The van der Waals surface area contributed by atoms with Crippen LogP contribution in [0.2, 0.25) is 0 Å². The molecule has 3 rings (SSSR count). The molecule has 24 heavy (non-hydrogen) atoms. The van der Waals surface area contributed by atoms with Crippen LogP contribution in [0.4, 0.5) is 0 Å². The van der Waals surface area contributed by atoms with Crippen LogP contribution < -0.4 is 0 Å². The van der Waals surface area contributed by atoms with E-state index < -0.39 is 0 Å². The van der Waals surface area contributed by atoms with Crippen molar-refractivity contribution in [3.8, 4) is 0 Å². The molecule has 1 aliphatic rings. The summed E-state index contributed by atoms with van der Waals surface area (Å²) in [6.45, 7) is 7.73. The first-order chi connectivity index (χ1) is 11.5. The van der Waals surface area contributed by atoms with E-state index in [1.54, 1.807) is 0 Å². The number of benzene rings is 1. The second kappa shape index (κ2) is 7.09. The first-order valence-electron chi connectivity index (χ1n) is 8.57. The molecule has 1 atom stereocenters. The topological polar surface area (TPSA) is 38.1 Å². The quantitative estimate of drug-likeness (QED) is 0.783. The molecule has 1 saturated heterocycles. The van der Waals surface area contributed by atoms with Crippen LogP contribution in [-0.2, 0) is 6.54 Å². The van der Waals surface area contributed by atoms with Gasteiger partial charge in [0.2, 0.25) is 0 Å². The van der Waals surface area contributed by atoms with Crippen LogP contribution in [0.25, 0.3) is 0 Å². The highest BCUT2D eigenvalue weighted by molar-refractivity contribution is 9.10. The fraction of sp³-hybridized carbons (Fsp3) is 0.474. The molecular weight excluding hydrogens is 366 g/mol. The molecule has 0 saturated carbocycles. The lowest BCUT2D eigenvalue weighted by molar-refractivity contribution is 0.0635. The smallest absolute Gasteiger partial charge is 0.254 e. The van der Waals surface area contributed by atoms with Crippen LogP contribution in [-0.4, -0.2) is 33.2 Å². The number of carbonyl (C=O) groups excluding carboxylic acids is 1. The Labute approximate surface area is 152 Å².